The van der Waals surface area contributed by atoms with Gasteiger partial charge in [0, 0.05) is 28.7 Å². The van der Waals surface area contributed by atoms with E-state index in [0.717, 1.165) is 11.5 Å². The maximum Gasteiger partial charge on any atom is 0.234 e. The van der Waals surface area contributed by atoms with E-state index >= 15 is 0 Å². The van der Waals surface area contributed by atoms with Gasteiger partial charge in [0.25, 0.3) is 0 Å². The van der Waals surface area contributed by atoms with E-state index in [1.807, 2.05) is 22.8 Å². The van der Waals surface area contributed by atoms with Crippen LogP contribution in [0.5, 0.6) is 11.5 Å². The van der Waals surface area contributed by atoms with E-state index in [2.05, 4.69) is 46.0 Å². The van der Waals surface area contributed by atoms with E-state index in [-0.39, 0.29) is 11.7 Å². The summed E-state index contributed by atoms with van der Waals surface area (Å²) in [6, 6.07) is 17.6. The topological polar surface area (TPSA) is 78.3 Å². The summed E-state index contributed by atoms with van der Waals surface area (Å²) in [6.45, 7) is 2.05. The molecule has 170 valence electrons. The third-order valence-electron chi connectivity index (χ3n) is 4.90. The van der Waals surface area contributed by atoms with Crippen molar-refractivity contribution in [2.24, 2.45) is 0 Å². The van der Waals surface area contributed by atoms with Crippen molar-refractivity contribution in [1.82, 2.24) is 14.8 Å². The third kappa shape index (κ3) is 5.55. The average molecular weight is 481 g/mol. The zero-order valence-corrected chi connectivity index (χ0v) is 20.2. The number of methoxy groups -OCH3 is 2. The number of ether oxygens (including phenoxy) is 2. The Morgan fingerprint density at radius 2 is 1.85 bits per heavy atom. The summed E-state index contributed by atoms with van der Waals surface area (Å²) in [5.41, 5.74) is 2.78. The molecule has 0 saturated heterocycles. The molecule has 0 aliphatic carbocycles. The standard InChI is InChI=1S/C24H24N4O3S2/c1-16-6-9-18(10-7-16)28-22(14-19-5-4-12-32-19)26-27-24(28)33-15-23(29)25-17-8-11-20(30-2)21(13-17)31-3/h4-13H,14-15H2,1-3H3,(H,25,29). The Bertz CT molecular complexity index is 1220. The van der Waals surface area contributed by atoms with Gasteiger partial charge in [-0.3, -0.25) is 9.36 Å². The van der Waals surface area contributed by atoms with Gasteiger partial charge in [0.05, 0.1) is 20.0 Å². The summed E-state index contributed by atoms with van der Waals surface area (Å²) in [4.78, 5) is 13.8. The maximum atomic E-state index is 12.6. The van der Waals surface area contributed by atoms with Crippen LogP contribution < -0.4 is 14.8 Å². The number of rotatable bonds is 9. The molecule has 0 bridgehead atoms. The predicted molar refractivity (Wildman–Crippen MR) is 132 cm³/mol. The monoisotopic (exact) mass is 480 g/mol. The normalized spacial score (nSPS) is 10.8. The van der Waals surface area contributed by atoms with Crippen LogP contribution >= 0.6 is 23.1 Å². The minimum Gasteiger partial charge on any atom is -0.493 e. The number of hydrogen-bond donors (Lipinski definition) is 1. The lowest BCUT2D eigenvalue weighted by atomic mass is 10.2. The molecule has 2 aromatic heterocycles. The van der Waals surface area contributed by atoms with Gasteiger partial charge in [0.1, 0.15) is 5.82 Å². The van der Waals surface area contributed by atoms with E-state index in [1.165, 1.54) is 22.2 Å². The van der Waals surface area contributed by atoms with Crippen LogP contribution in [-0.4, -0.2) is 40.6 Å². The molecular formula is C24H24N4O3S2. The highest BCUT2D eigenvalue weighted by atomic mass is 32.2. The summed E-state index contributed by atoms with van der Waals surface area (Å²) in [5.74, 6) is 2.04. The number of carbonyl (C=O) groups is 1. The number of carbonyl (C=O) groups excluding carboxylic acids is 1. The van der Waals surface area contributed by atoms with Crippen molar-refractivity contribution in [2.45, 2.75) is 18.5 Å². The summed E-state index contributed by atoms with van der Waals surface area (Å²) < 4.78 is 12.6. The zero-order chi connectivity index (χ0) is 23.2. The van der Waals surface area contributed by atoms with Crippen LogP contribution in [0.1, 0.15) is 16.3 Å². The van der Waals surface area contributed by atoms with E-state index in [4.69, 9.17) is 9.47 Å². The van der Waals surface area contributed by atoms with Gasteiger partial charge in [-0.05, 0) is 42.6 Å². The molecule has 4 rings (SSSR count). The highest BCUT2D eigenvalue weighted by Gasteiger charge is 2.17. The minimum atomic E-state index is -0.148. The van der Waals surface area contributed by atoms with E-state index in [1.54, 1.807) is 43.8 Å². The molecule has 0 fully saturated rings. The van der Waals surface area contributed by atoms with E-state index < -0.39 is 0 Å². The van der Waals surface area contributed by atoms with Crippen LogP contribution in [0.15, 0.2) is 65.1 Å². The van der Waals surface area contributed by atoms with Gasteiger partial charge in [-0.1, -0.05) is 35.5 Å². The number of aryl methyl sites for hydroxylation is 1. The number of benzene rings is 2. The van der Waals surface area contributed by atoms with Crippen molar-refractivity contribution in [3.05, 3.63) is 76.2 Å². The second kappa shape index (κ2) is 10.5. The van der Waals surface area contributed by atoms with Crippen molar-refractivity contribution >= 4 is 34.7 Å². The maximum absolute atomic E-state index is 12.6. The number of aromatic nitrogens is 3. The second-order valence-corrected chi connectivity index (χ2v) is 9.21. The number of nitrogens with one attached hydrogen (secondary N) is 1. The Balaban J connectivity index is 1.51. The van der Waals surface area contributed by atoms with Crippen molar-refractivity contribution in [3.8, 4) is 17.2 Å². The van der Waals surface area contributed by atoms with Gasteiger partial charge in [-0.25, -0.2) is 0 Å². The molecule has 2 aromatic carbocycles. The van der Waals surface area contributed by atoms with Crippen molar-refractivity contribution in [3.63, 3.8) is 0 Å². The molecule has 4 aromatic rings. The SMILES string of the molecule is COc1ccc(NC(=O)CSc2nnc(Cc3cccs3)n2-c2ccc(C)cc2)cc1OC. The predicted octanol–water partition coefficient (Wildman–Crippen LogP) is 4.98. The Labute approximate surface area is 200 Å². The van der Waals surface area contributed by atoms with Gasteiger partial charge in [0.15, 0.2) is 16.7 Å². The van der Waals surface area contributed by atoms with Crippen LogP contribution in [0.3, 0.4) is 0 Å². The van der Waals surface area contributed by atoms with Gasteiger partial charge in [-0.15, -0.1) is 21.5 Å². The average Bonchev–Trinajstić information content (AvgIpc) is 3.48. The largest absolute Gasteiger partial charge is 0.493 e. The smallest absolute Gasteiger partial charge is 0.234 e. The molecule has 2 heterocycles. The van der Waals surface area contributed by atoms with Crippen molar-refractivity contribution < 1.29 is 14.3 Å². The van der Waals surface area contributed by atoms with Crippen LogP contribution in [0, 0.1) is 6.92 Å². The fourth-order valence-electron chi connectivity index (χ4n) is 3.27. The molecule has 0 aliphatic heterocycles. The quantitative estimate of drug-likeness (QED) is 0.341. The zero-order valence-electron chi connectivity index (χ0n) is 18.6. The number of nitrogens with zero attached hydrogens (tertiary/aromatic N) is 3. The molecule has 0 spiro atoms. The van der Waals surface area contributed by atoms with Gasteiger partial charge >= 0.3 is 0 Å². The first-order valence-corrected chi connectivity index (χ1v) is 12.1. The molecule has 1 amide bonds. The lowest BCUT2D eigenvalue weighted by Crippen LogP contribution is -2.14. The van der Waals surface area contributed by atoms with Crippen LogP contribution in [0.4, 0.5) is 5.69 Å². The van der Waals surface area contributed by atoms with Crippen LogP contribution in [-0.2, 0) is 11.2 Å². The number of thiophene rings is 1. The fraction of sp³-hybridized carbons (Fsp3) is 0.208. The third-order valence-corrected chi connectivity index (χ3v) is 6.71. The molecule has 33 heavy (non-hydrogen) atoms. The molecule has 0 saturated carbocycles. The van der Waals surface area contributed by atoms with Crippen molar-refractivity contribution in [2.75, 3.05) is 25.3 Å². The molecule has 0 unspecified atom stereocenters. The molecule has 0 radical (unpaired) electrons. The first-order valence-electron chi connectivity index (χ1n) is 10.3. The number of amides is 1. The second-order valence-electron chi connectivity index (χ2n) is 7.23. The van der Waals surface area contributed by atoms with Gasteiger partial charge in [-0.2, -0.15) is 0 Å². The summed E-state index contributed by atoms with van der Waals surface area (Å²) >= 11 is 3.04. The fourth-order valence-corrected chi connectivity index (χ4v) is 4.74. The highest BCUT2D eigenvalue weighted by molar-refractivity contribution is 7.99. The molecule has 1 N–H and O–H groups in total. The summed E-state index contributed by atoms with van der Waals surface area (Å²) in [5, 5.41) is 14.4. The Morgan fingerprint density at radius 1 is 1.06 bits per heavy atom. The van der Waals surface area contributed by atoms with E-state index in [0.29, 0.717) is 28.8 Å². The molecule has 9 heteroatoms. The molecule has 7 nitrogen and oxygen atoms in total. The number of thioether (sulfide) groups is 1. The molecular weight excluding hydrogens is 456 g/mol. The first kappa shape index (κ1) is 22.9. The van der Waals surface area contributed by atoms with Crippen LogP contribution in [0.2, 0.25) is 0 Å². The highest BCUT2D eigenvalue weighted by Crippen LogP contribution is 2.30. The molecule has 0 aliphatic rings. The minimum absolute atomic E-state index is 0.148. The van der Waals surface area contributed by atoms with Crippen LogP contribution in [0.25, 0.3) is 5.69 Å². The number of hydrogen-bond acceptors (Lipinski definition) is 7. The van der Waals surface area contributed by atoms with Gasteiger partial charge in [0.2, 0.25) is 5.91 Å². The van der Waals surface area contributed by atoms with E-state index in [9.17, 15) is 4.79 Å². The summed E-state index contributed by atoms with van der Waals surface area (Å²) in [6.07, 6.45) is 0.678. The lowest BCUT2D eigenvalue weighted by Gasteiger charge is -2.11. The number of anilines is 1. The first-order chi connectivity index (χ1) is 16.1. The Kier molecular flexibility index (Phi) is 7.31. The Morgan fingerprint density at radius 3 is 2.55 bits per heavy atom. The molecule has 0 atom stereocenters. The summed E-state index contributed by atoms with van der Waals surface area (Å²) in [7, 11) is 3.13. The Hall–Kier alpha value is -3.30. The van der Waals surface area contributed by atoms with Gasteiger partial charge < -0.3 is 14.8 Å². The van der Waals surface area contributed by atoms with Crippen molar-refractivity contribution in [1.29, 1.82) is 0 Å². The lowest BCUT2D eigenvalue weighted by molar-refractivity contribution is -0.113.